The number of primary amides is 1. The summed E-state index contributed by atoms with van der Waals surface area (Å²) in [5.74, 6) is -0.485. The molecule has 1 amide bonds. The lowest BCUT2D eigenvalue weighted by molar-refractivity contribution is -0.118. The van der Waals surface area contributed by atoms with Crippen molar-refractivity contribution in [1.82, 2.24) is 4.90 Å². The highest BCUT2D eigenvalue weighted by Gasteiger charge is 2.29. The van der Waals surface area contributed by atoms with E-state index in [2.05, 4.69) is 4.90 Å². The van der Waals surface area contributed by atoms with Gasteiger partial charge in [0.15, 0.2) is 0 Å². The second kappa shape index (κ2) is 5.27. The van der Waals surface area contributed by atoms with E-state index in [4.69, 9.17) is 5.73 Å². The Hall–Kier alpha value is -1.42. The summed E-state index contributed by atoms with van der Waals surface area (Å²) in [6.45, 7) is 1.18. The Kier molecular flexibility index (Phi) is 3.74. The monoisotopic (exact) mass is 236 g/mol. The van der Waals surface area contributed by atoms with Gasteiger partial charge in [-0.2, -0.15) is 0 Å². The minimum Gasteiger partial charge on any atom is -0.370 e. The highest BCUT2D eigenvalue weighted by atomic mass is 19.1. The Morgan fingerprint density at radius 3 is 2.71 bits per heavy atom. The van der Waals surface area contributed by atoms with Crippen molar-refractivity contribution in [3.8, 4) is 0 Å². The van der Waals surface area contributed by atoms with Crippen LogP contribution in [0.25, 0.3) is 0 Å². The van der Waals surface area contributed by atoms with Gasteiger partial charge in [-0.15, -0.1) is 0 Å². The molecule has 0 aromatic heterocycles. The van der Waals surface area contributed by atoms with Gasteiger partial charge in [0.25, 0.3) is 0 Å². The van der Waals surface area contributed by atoms with Crippen LogP contribution in [0.15, 0.2) is 24.3 Å². The average Bonchev–Trinajstić information content (AvgIpc) is 3.10. The molecule has 92 valence electrons. The van der Waals surface area contributed by atoms with Crippen LogP contribution in [-0.4, -0.2) is 23.4 Å². The maximum atomic E-state index is 13.5. The fourth-order valence-corrected chi connectivity index (χ4v) is 1.93. The van der Waals surface area contributed by atoms with Crippen LogP contribution in [-0.2, 0) is 11.3 Å². The van der Waals surface area contributed by atoms with Crippen molar-refractivity contribution in [2.75, 3.05) is 6.54 Å². The highest BCUT2D eigenvalue weighted by Crippen LogP contribution is 2.28. The molecule has 0 bridgehead atoms. The predicted octanol–water partition coefficient (Wildman–Crippen LogP) is 1.67. The number of halogens is 1. The van der Waals surface area contributed by atoms with Gasteiger partial charge in [-0.3, -0.25) is 9.69 Å². The minimum atomic E-state index is -0.302. The molecular formula is C13H17FN2O. The molecule has 1 aliphatic rings. The summed E-state index contributed by atoms with van der Waals surface area (Å²) in [7, 11) is 0. The first-order valence-electron chi connectivity index (χ1n) is 5.92. The van der Waals surface area contributed by atoms with E-state index in [-0.39, 0.29) is 11.7 Å². The maximum absolute atomic E-state index is 13.5. The largest absolute Gasteiger partial charge is 0.370 e. The molecule has 3 nitrogen and oxygen atoms in total. The van der Waals surface area contributed by atoms with Crippen LogP contribution in [0.2, 0.25) is 0 Å². The second-order valence-electron chi connectivity index (χ2n) is 4.51. The number of rotatable bonds is 6. The first-order chi connectivity index (χ1) is 8.16. The van der Waals surface area contributed by atoms with Crippen LogP contribution in [0.3, 0.4) is 0 Å². The SMILES string of the molecule is NC(=O)CCN(Cc1ccccc1F)C1CC1. The molecule has 0 radical (unpaired) electrons. The zero-order valence-electron chi connectivity index (χ0n) is 9.73. The molecule has 0 unspecified atom stereocenters. The number of benzene rings is 1. The molecule has 0 aliphatic heterocycles. The Bertz CT molecular complexity index is 404. The number of nitrogens with zero attached hydrogens (tertiary/aromatic N) is 1. The maximum Gasteiger partial charge on any atom is 0.218 e. The Balaban J connectivity index is 1.97. The van der Waals surface area contributed by atoms with Crippen molar-refractivity contribution in [2.45, 2.75) is 31.8 Å². The van der Waals surface area contributed by atoms with Crippen molar-refractivity contribution in [1.29, 1.82) is 0 Å². The van der Waals surface area contributed by atoms with Gasteiger partial charge in [0.1, 0.15) is 5.82 Å². The first-order valence-corrected chi connectivity index (χ1v) is 5.92. The van der Waals surface area contributed by atoms with E-state index in [0.29, 0.717) is 31.1 Å². The van der Waals surface area contributed by atoms with Crippen LogP contribution in [0, 0.1) is 5.82 Å². The second-order valence-corrected chi connectivity index (χ2v) is 4.51. The van der Waals surface area contributed by atoms with Crippen molar-refractivity contribution in [3.05, 3.63) is 35.6 Å². The third kappa shape index (κ3) is 3.53. The van der Waals surface area contributed by atoms with Crippen LogP contribution in [0.5, 0.6) is 0 Å². The molecule has 1 fully saturated rings. The number of hydrogen-bond donors (Lipinski definition) is 1. The lowest BCUT2D eigenvalue weighted by Crippen LogP contribution is -2.30. The normalized spacial score (nSPS) is 15.2. The van der Waals surface area contributed by atoms with Gasteiger partial charge in [-0.1, -0.05) is 18.2 Å². The van der Waals surface area contributed by atoms with E-state index in [1.54, 1.807) is 12.1 Å². The fourth-order valence-electron chi connectivity index (χ4n) is 1.93. The third-order valence-electron chi connectivity index (χ3n) is 3.04. The van der Waals surface area contributed by atoms with Crippen molar-refractivity contribution < 1.29 is 9.18 Å². The molecule has 17 heavy (non-hydrogen) atoms. The number of amides is 1. The summed E-state index contributed by atoms with van der Waals surface area (Å²) in [6, 6.07) is 7.26. The van der Waals surface area contributed by atoms with E-state index < -0.39 is 0 Å². The van der Waals surface area contributed by atoms with Gasteiger partial charge in [-0.25, -0.2) is 4.39 Å². The Morgan fingerprint density at radius 1 is 1.41 bits per heavy atom. The van der Waals surface area contributed by atoms with Gasteiger partial charge in [0.2, 0.25) is 5.91 Å². The van der Waals surface area contributed by atoms with Crippen molar-refractivity contribution >= 4 is 5.91 Å². The zero-order valence-corrected chi connectivity index (χ0v) is 9.73. The molecule has 1 aromatic carbocycles. The summed E-state index contributed by atoms with van der Waals surface area (Å²) >= 11 is 0. The lowest BCUT2D eigenvalue weighted by Gasteiger charge is -2.21. The molecule has 0 saturated heterocycles. The van der Waals surface area contributed by atoms with Crippen LogP contribution >= 0.6 is 0 Å². The topological polar surface area (TPSA) is 46.3 Å². The predicted molar refractivity (Wildman–Crippen MR) is 63.6 cm³/mol. The molecule has 4 heteroatoms. The van der Waals surface area contributed by atoms with Crippen LogP contribution < -0.4 is 5.73 Å². The van der Waals surface area contributed by atoms with E-state index in [0.717, 1.165) is 12.8 Å². The molecule has 0 spiro atoms. The quantitative estimate of drug-likeness (QED) is 0.816. The van der Waals surface area contributed by atoms with E-state index in [1.165, 1.54) is 6.07 Å². The van der Waals surface area contributed by atoms with Crippen molar-refractivity contribution in [2.24, 2.45) is 5.73 Å². The summed E-state index contributed by atoms with van der Waals surface area (Å²) in [4.78, 5) is 12.9. The van der Waals surface area contributed by atoms with E-state index in [9.17, 15) is 9.18 Å². The molecule has 1 aliphatic carbocycles. The summed E-state index contributed by atoms with van der Waals surface area (Å²) in [6.07, 6.45) is 2.60. The van der Waals surface area contributed by atoms with Crippen LogP contribution in [0.4, 0.5) is 4.39 Å². The van der Waals surface area contributed by atoms with Gasteiger partial charge >= 0.3 is 0 Å². The molecule has 1 saturated carbocycles. The van der Waals surface area contributed by atoms with E-state index >= 15 is 0 Å². The molecular weight excluding hydrogens is 219 g/mol. The Morgan fingerprint density at radius 2 is 2.12 bits per heavy atom. The summed E-state index contributed by atoms with van der Waals surface area (Å²) in [5, 5.41) is 0. The highest BCUT2D eigenvalue weighted by molar-refractivity contribution is 5.73. The van der Waals surface area contributed by atoms with Gasteiger partial charge in [0, 0.05) is 31.1 Å². The minimum absolute atomic E-state index is 0.183. The average molecular weight is 236 g/mol. The van der Waals surface area contributed by atoms with Gasteiger partial charge in [0.05, 0.1) is 0 Å². The lowest BCUT2D eigenvalue weighted by atomic mass is 10.2. The number of carbonyl (C=O) groups is 1. The van der Waals surface area contributed by atoms with Gasteiger partial charge < -0.3 is 5.73 Å². The van der Waals surface area contributed by atoms with Gasteiger partial charge in [-0.05, 0) is 18.9 Å². The van der Waals surface area contributed by atoms with Crippen molar-refractivity contribution in [3.63, 3.8) is 0 Å². The Labute approximate surface area is 100 Å². The zero-order chi connectivity index (χ0) is 12.3. The van der Waals surface area contributed by atoms with Crippen LogP contribution in [0.1, 0.15) is 24.8 Å². The molecule has 2 N–H and O–H groups in total. The third-order valence-corrected chi connectivity index (χ3v) is 3.04. The standard InChI is InChI=1S/C13H17FN2O/c14-12-4-2-1-3-10(12)9-16(11-5-6-11)8-7-13(15)17/h1-4,11H,5-9H2,(H2,15,17). The molecule has 0 heterocycles. The molecule has 2 rings (SSSR count). The molecule has 1 aromatic rings. The summed E-state index contributed by atoms with van der Waals surface area (Å²) < 4.78 is 13.5. The summed E-state index contributed by atoms with van der Waals surface area (Å²) in [5.41, 5.74) is 5.83. The number of nitrogens with two attached hydrogens (primary N) is 1. The van der Waals surface area contributed by atoms with E-state index in [1.807, 2.05) is 6.07 Å². The number of carbonyl (C=O) groups excluding carboxylic acids is 1. The fraction of sp³-hybridized carbons (Fsp3) is 0.462. The smallest absolute Gasteiger partial charge is 0.218 e. The molecule has 0 atom stereocenters. The first kappa shape index (κ1) is 12.0. The number of hydrogen-bond acceptors (Lipinski definition) is 2.